The van der Waals surface area contributed by atoms with Crippen LogP contribution in [-0.2, 0) is 13.0 Å². The number of amides is 1. The molecular formula is C18H19N3OS. The first kappa shape index (κ1) is 15.5. The molecule has 3 aromatic rings. The summed E-state index contributed by atoms with van der Waals surface area (Å²) in [6.07, 6.45) is 4.50. The smallest absolute Gasteiger partial charge is 0.270 e. The Morgan fingerprint density at radius 2 is 2.13 bits per heavy atom. The van der Waals surface area contributed by atoms with Crippen LogP contribution in [0.15, 0.2) is 60.2 Å². The van der Waals surface area contributed by atoms with Gasteiger partial charge in [-0.3, -0.25) is 9.78 Å². The van der Waals surface area contributed by atoms with E-state index in [0.717, 1.165) is 24.4 Å². The monoisotopic (exact) mass is 325 g/mol. The summed E-state index contributed by atoms with van der Waals surface area (Å²) in [5.74, 6) is 0.0440. The maximum Gasteiger partial charge on any atom is 0.270 e. The molecule has 23 heavy (non-hydrogen) atoms. The molecule has 3 aromatic heterocycles. The molecule has 0 fully saturated rings. The van der Waals surface area contributed by atoms with Crippen molar-refractivity contribution in [1.29, 1.82) is 0 Å². The second-order valence-electron chi connectivity index (χ2n) is 5.40. The van der Waals surface area contributed by atoms with Gasteiger partial charge in [0.15, 0.2) is 0 Å². The molecule has 3 rings (SSSR count). The topological polar surface area (TPSA) is 38.1 Å². The summed E-state index contributed by atoms with van der Waals surface area (Å²) in [6, 6.07) is 13.8. The number of rotatable bonds is 6. The first-order valence-electron chi connectivity index (χ1n) is 7.57. The van der Waals surface area contributed by atoms with Crippen molar-refractivity contribution in [1.82, 2.24) is 14.5 Å². The van der Waals surface area contributed by atoms with Crippen molar-refractivity contribution in [2.75, 3.05) is 13.6 Å². The zero-order valence-electron chi connectivity index (χ0n) is 13.1. The van der Waals surface area contributed by atoms with Gasteiger partial charge in [0, 0.05) is 43.0 Å². The average Bonchev–Trinajstić information content (AvgIpc) is 3.25. The molecule has 0 N–H and O–H groups in total. The quantitative estimate of drug-likeness (QED) is 0.697. The fourth-order valence-electron chi connectivity index (χ4n) is 2.44. The molecule has 0 aliphatic carbocycles. The molecule has 0 atom stereocenters. The van der Waals surface area contributed by atoms with E-state index < -0.39 is 0 Å². The Hall–Kier alpha value is -2.40. The van der Waals surface area contributed by atoms with Crippen LogP contribution in [0.25, 0.3) is 0 Å². The second-order valence-corrected chi connectivity index (χ2v) is 6.43. The molecule has 0 bridgehead atoms. The van der Waals surface area contributed by atoms with Gasteiger partial charge in [0.1, 0.15) is 5.69 Å². The number of thiophene rings is 1. The molecule has 0 unspecified atom stereocenters. The average molecular weight is 325 g/mol. The van der Waals surface area contributed by atoms with E-state index in [1.807, 2.05) is 54.2 Å². The van der Waals surface area contributed by atoms with Gasteiger partial charge in [-0.2, -0.15) is 0 Å². The fraction of sp³-hybridized carbons (Fsp3) is 0.222. The molecule has 3 heterocycles. The molecule has 1 amide bonds. The highest BCUT2D eigenvalue weighted by Crippen LogP contribution is 2.14. The van der Waals surface area contributed by atoms with Crippen LogP contribution in [0.1, 0.15) is 21.1 Å². The van der Waals surface area contributed by atoms with E-state index in [9.17, 15) is 4.79 Å². The zero-order chi connectivity index (χ0) is 16.1. The van der Waals surface area contributed by atoms with Crippen molar-refractivity contribution in [2.24, 2.45) is 0 Å². The van der Waals surface area contributed by atoms with E-state index in [2.05, 4.69) is 16.4 Å². The van der Waals surface area contributed by atoms with Gasteiger partial charge in [-0.05, 0) is 35.7 Å². The van der Waals surface area contributed by atoms with Gasteiger partial charge in [-0.15, -0.1) is 11.3 Å². The number of carbonyl (C=O) groups excluding carboxylic acids is 1. The SMILES string of the molecule is CN(CCc1ccccn1)C(=O)c1cccn1Cc1cccs1. The summed E-state index contributed by atoms with van der Waals surface area (Å²) in [6.45, 7) is 1.39. The van der Waals surface area contributed by atoms with Crippen molar-refractivity contribution in [2.45, 2.75) is 13.0 Å². The second kappa shape index (κ2) is 7.24. The third-order valence-electron chi connectivity index (χ3n) is 3.73. The summed E-state index contributed by atoms with van der Waals surface area (Å²) in [4.78, 5) is 20.0. The summed E-state index contributed by atoms with van der Waals surface area (Å²) in [7, 11) is 1.84. The number of hydrogen-bond acceptors (Lipinski definition) is 3. The van der Waals surface area contributed by atoms with Gasteiger partial charge < -0.3 is 9.47 Å². The molecule has 4 nitrogen and oxygen atoms in total. The van der Waals surface area contributed by atoms with Crippen LogP contribution in [0.3, 0.4) is 0 Å². The lowest BCUT2D eigenvalue weighted by molar-refractivity contribution is 0.0786. The van der Waals surface area contributed by atoms with Crippen LogP contribution in [0.2, 0.25) is 0 Å². The van der Waals surface area contributed by atoms with Crippen molar-refractivity contribution < 1.29 is 4.79 Å². The van der Waals surface area contributed by atoms with Gasteiger partial charge in [0.05, 0.1) is 6.54 Å². The fourth-order valence-corrected chi connectivity index (χ4v) is 3.14. The molecule has 5 heteroatoms. The van der Waals surface area contributed by atoms with Gasteiger partial charge in [0.25, 0.3) is 5.91 Å². The zero-order valence-corrected chi connectivity index (χ0v) is 13.9. The molecule has 0 saturated heterocycles. The van der Waals surface area contributed by atoms with Gasteiger partial charge in [0.2, 0.25) is 0 Å². The summed E-state index contributed by atoms with van der Waals surface area (Å²) in [5.41, 5.74) is 1.73. The Morgan fingerprint density at radius 1 is 1.22 bits per heavy atom. The highest BCUT2D eigenvalue weighted by molar-refractivity contribution is 7.09. The normalized spacial score (nSPS) is 10.7. The van der Waals surface area contributed by atoms with E-state index >= 15 is 0 Å². The Bertz CT molecular complexity index is 750. The molecule has 0 aromatic carbocycles. The van der Waals surface area contributed by atoms with Crippen molar-refractivity contribution in [3.05, 3.63) is 76.5 Å². The van der Waals surface area contributed by atoms with Crippen molar-refractivity contribution in [3.63, 3.8) is 0 Å². The molecular weight excluding hydrogens is 306 g/mol. The number of likely N-dealkylation sites (N-methyl/N-ethyl adjacent to an activating group) is 1. The Labute approximate surface area is 140 Å². The van der Waals surface area contributed by atoms with Crippen LogP contribution in [0.5, 0.6) is 0 Å². The van der Waals surface area contributed by atoms with Gasteiger partial charge in [-0.25, -0.2) is 0 Å². The Kier molecular flexibility index (Phi) is 4.88. The first-order valence-corrected chi connectivity index (χ1v) is 8.45. The van der Waals surface area contributed by atoms with E-state index in [4.69, 9.17) is 0 Å². The minimum Gasteiger partial charge on any atom is -0.340 e. The summed E-state index contributed by atoms with van der Waals surface area (Å²) in [5, 5.41) is 2.05. The van der Waals surface area contributed by atoms with E-state index in [0.29, 0.717) is 6.54 Å². The number of aromatic nitrogens is 2. The highest BCUT2D eigenvalue weighted by Gasteiger charge is 2.16. The molecule has 0 aliphatic rings. The molecule has 0 radical (unpaired) electrons. The molecule has 118 valence electrons. The number of hydrogen-bond donors (Lipinski definition) is 0. The Balaban J connectivity index is 1.64. The van der Waals surface area contributed by atoms with E-state index in [1.54, 1.807) is 22.4 Å². The predicted molar refractivity (Wildman–Crippen MR) is 92.8 cm³/mol. The number of nitrogens with zero attached hydrogens (tertiary/aromatic N) is 3. The van der Waals surface area contributed by atoms with Gasteiger partial charge >= 0.3 is 0 Å². The third kappa shape index (κ3) is 3.87. The maximum atomic E-state index is 12.7. The lowest BCUT2D eigenvalue weighted by Gasteiger charge is -2.18. The lowest BCUT2D eigenvalue weighted by Crippen LogP contribution is -2.30. The van der Waals surface area contributed by atoms with E-state index in [-0.39, 0.29) is 5.91 Å². The Morgan fingerprint density at radius 3 is 2.87 bits per heavy atom. The minimum atomic E-state index is 0.0440. The standard InChI is InChI=1S/C18H19N3OS/c1-20(12-9-15-6-2-3-10-19-15)18(22)17-8-4-11-21(17)14-16-7-5-13-23-16/h2-8,10-11,13H,9,12,14H2,1H3. The summed E-state index contributed by atoms with van der Waals surface area (Å²) >= 11 is 1.70. The third-order valence-corrected chi connectivity index (χ3v) is 4.59. The van der Waals surface area contributed by atoms with Crippen molar-refractivity contribution >= 4 is 17.2 Å². The van der Waals surface area contributed by atoms with Gasteiger partial charge in [-0.1, -0.05) is 12.1 Å². The van der Waals surface area contributed by atoms with Crippen LogP contribution in [0, 0.1) is 0 Å². The minimum absolute atomic E-state index is 0.0440. The van der Waals surface area contributed by atoms with Crippen LogP contribution < -0.4 is 0 Å². The molecule has 0 aliphatic heterocycles. The maximum absolute atomic E-state index is 12.7. The predicted octanol–water partition coefficient (Wildman–Crippen LogP) is 3.31. The largest absolute Gasteiger partial charge is 0.340 e. The molecule has 0 saturated carbocycles. The number of pyridine rings is 1. The van der Waals surface area contributed by atoms with Crippen molar-refractivity contribution in [3.8, 4) is 0 Å². The van der Waals surface area contributed by atoms with E-state index in [1.165, 1.54) is 4.88 Å². The van der Waals surface area contributed by atoms with Crippen LogP contribution in [0.4, 0.5) is 0 Å². The van der Waals surface area contributed by atoms with Crippen LogP contribution in [-0.4, -0.2) is 34.0 Å². The highest BCUT2D eigenvalue weighted by atomic mass is 32.1. The first-order chi connectivity index (χ1) is 11.2. The number of carbonyl (C=O) groups is 1. The van der Waals surface area contributed by atoms with Crippen LogP contribution >= 0.6 is 11.3 Å². The lowest BCUT2D eigenvalue weighted by atomic mass is 10.2. The summed E-state index contributed by atoms with van der Waals surface area (Å²) < 4.78 is 2.01. The molecule has 0 spiro atoms.